The fourth-order valence-corrected chi connectivity index (χ4v) is 3.57. The molecule has 0 amide bonds. The molecule has 1 radical (unpaired) electrons. The normalized spacial score (nSPS) is 12.0. The molecule has 3 rings (SSSR count). The Kier molecular flexibility index (Phi) is 4.61. The lowest BCUT2D eigenvalue weighted by atomic mass is 10.0. The zero-order valence-corrected chi connectivity index (χ0v) is 14.8. The third-order valence-corrected chi connectivity index (χ3v) is 4.93. The van der Waals surface area contributed by atoms with Crippen molar-refractivity contribution in [1.29, 1.82) is 0 Å². The summed E-state index contributed by atoms with van der Waals surface area (Å²) in [6, 6.07) is 13.7. The summed E-state index contributed by atoms with van der Waals surface area (Å²) in [4.78, 5) is 4.80. The molecule has 0 saturated heterocycles. The van der Waals surface area contributed by atoms with E-state index in [9.17, 15) is 0 Å². The highest BCUT2D eigenvalue weighted by molar-refractivity contribution is 5.84. The van der Waals surface area contributed by atoms with Crippen molar-refractivity contribution in [3.63, 3.8) is 0 Å². The smallest absolute Gasteiger partial charge is 0.0369 e. The molecular weight excluding hydrogens is 280 g/mol. The van der Waals surface area contributed by atoms with Crippen molar-refractivity contribution in [3.05, 3.63) is 53.9 Å². The molecule has 2 heteroatoms. The van der Waals surface area contributed by atoms with Crippen molar-refractivity contribution in [2.45, 2.75) is 27.7 Å². The second-order valence-corrected chi connectivity index (χ2v) is 6.03. The summed E-state index contributed by atoms with van der Waals surface area (Å²) in [5.74, 6) is 0. The standard InChI is InChI=1S/C21H27N2/c1-5-22(6-2)18-9-11-20-16(14-18)13-17-15-19(10-12-21(17)20)23(7-3)8-4/h9-15H,5-8H2,1-4H3. The first kappa shape index (κ1) is 15.9. The number of benzene rings is 2. The van der Waals surface area contributed by atoms with E-state index in [4.69, 9.17) is 0 Å². The maximum Gasteiger partial charge on any atom is 0.0369 e. The molecule has 1 aliphatic rings. The molecule has 1 aliphatic carbocycles. The van der Waals surface area contributed by atoms with Gasteiger partial charge >= 0.3 is 0 Å². The Morgan fingerprint density at radius 1 is 0.609 bits per heavy atom. The van der Waals surface area contributed by atoms with Crippen LogP contribution in [0.4, 0.5) is 11.4 Å². The average molecular weight is 307 g/mol. The van der Waals surface area contributed by atoms with Crippen LogP contribution in [-0.4, -0.2) is 26.2 Å². The lowest BCUT2D eigenvalue weighted by molar-refractivity contribution is 0.866. The van der Waals surface area contributed by atoms with Crippen LogP contribution in [0.15, 0.2) is 36.4 Å². The van der Waals surface area contributed by atoms with Gasteiger partial charge in [-0.2, -0.15) is 0 Å². The predicted octanol–water partition coefficient (Wildman–Crippen LogP) is 4.96. The maximum absolute atomic E-state index is 2.40. The van der Waals surface area contributed by atoms with Gasteiger partial charge in [-0.15, -0.1) is 0 Å². The Morgan fingerprint density at radius 2 is 1.00 bits per heavy atom. The van der Waals surface area contributed by atoms with Crippen LogP contribution in [0.1, 0.15) is 38.8 Å². The molecule has 0 bridgehead atoms. The fourth-order valence-electron chi connectivity index (χ4n) is 3.57. The van der Waals surface area contributed by atoms with E-state index >= 15 is 0 Å². The summed E-state index contributed by atoms with van der Waals surface area (Å²) in [7, 11) is 0. The highest BCUT2D eigenvalue weighted by Gasteiger charge is 2.20. The van der Waals surface area contributed by atoms with E-state index in [0.717, 1.165) is 26.2 Å². The number of rotatable bonds is 6. The molecule has 0 aromatic heterocycles. The van der Waals surface area contributed by atoms with Gasteiger partial charge in [0.25, 0.3) is 0 Å². The first-order valence-electron chi connectivity index (χ1n) is 8.84. The first-order chi connectivity index (χ1) is 11.2. The van der Waals surface area contributed by atoms with Gasteiger partial charge in [-0.05, 0) is 74.2 Å². The second-order valence-electron chi connectivity index (χ2n) is 6.03. The van der Waals surface area contributed by atoms with Crippen LogP contribution in [0.3, 0.4) is 0 Å². The van der Waals surface area contributed by atoms with E-state index in [1.165, 1.54) is 33.6 Å². The summed E-state index contributed by atoms with van der Waals surface area (Å²) in [6.45, 7) is 13.1. The van der Waals surface area contributed by atoms with Gasteiger partial charge in [-0.3, -0.25) is 0 Å². The monoisotopic (exact) mass is 307 g/mol. The van der Waals surface area contributed by atoms with E-state index in [0.29, 0.717) is 0 Å². The highest BCUT2D eigenvalue weighted by Crippen LogP contribution is 2.41. The van der Waals surface area contributed by atoms with Gasteiger partial charge in [0.05, 0.1) is 0 Å². The summed E-state index contributed by atoms with van der Waals surface area (Å²) in [5, 5.41) is 0. The molecule has 0 atom stereocenters. The SMILES string of the molecule is CCN(CC)c1ccc2c(c1)[CH]c1cc(N(CC)CC)ccc1-2. The molecule has 0 heterocycles. The minimum atomic E-state index is 1.05. The molecule has 0 unspecified atom stereocenters. The van der Waals surface area contributed by atoms with Crippen LogP contribution in [0.25, 0.3) is 11.1 Å². The van der Waals surface area contributed by atoms with E-state index in [2.05, 4.69) is 80.3 Å². The average Bonchev–Trinajstić information content (AvgIpc) is 2.94. The largest absolute Gasteiger partial charge is 0.372 e. The van der Waals surface area contributed by atoms with Gasteiger partial charge in [0.15, 0.2) is 0 Å². The second kappa shape index (κ2) is 6.66. The number of fused-ring (bicyclic) bond motifs is 3. The molecule has 23 heavy (non-hydrogen) atoms. The Bertz CT molecular complexity index is 623. The number of hydrogen-bond acceptors (Lipinski definition) is 2. The molecule has 2 aromatic rings. The minimum absolute atomic E-state index is 1.05. The van der Waals surface area contributed by atoms with E-state index in [1.807, 2.05) is 0 Å². The lowest BCUT2D eigenvalue weighted by Crippen LogP contribution is -2.21. The quantitative estimate of drug-likeness (QED) is 0.635. The van der Waals surface area contributed by atoms with E-state index in [1.54, 1.807) is 0 Å². The minimum Gasteiger partial charge on any atom is -0.372 e. The van der Waals surface area contributed by atoms with Crippen LogP contribution in [-0.2, 0) is 0 Å². The topological polar surface area (TPSA) is 6.48 Å². The van der Waals surface area contributed by atoms with E-state index in [-0.39, 0.29) is 0 Å². The van der Waals surface area contributed by atoms with Crippen LogP contribution in [0.5, 0.6) is 0 Å². The van der Waals surface area contributed by atoms with Crippen LogP contribution in [0.2, 0.25) is 0 Å². The molecule has 0 saturated carbocycles. The summed E-state index contributed by atoms with van der Waals surface area (Å²) in [6.07, 6.45) is 2.34. The van der Waals surface area contributed by atoms with Gasteiger partial charge < -0.3 is 9.80 Å². The van der Waals surface area contributed by atoms with Crippen LogP contribution >= 0.6 is 0 Å². The predicted molar refractivity (Wildman–Crippen MR) is 102 cm³/mol. The number of anilines is 2. The van der Waals surface area contributed by atoms with Crippen molar-refractivity contribution in [2.75, 3.05) is 36.0 Å². The molecule has 2 nitrogen and oxygen atoms in total. The van der Waals surface area contributed by atoms with Gasteiger partial charge in [0, 0.05) is 44.0 Å². The first-order valence-corrected chi connectivity index (χ1v) is 8.84. The third kappa shape index (κ3) is 2.83. The zero-order chi connectivity index (χ0) is 16.4. The Hall–Kier alpha value is -1.96. The number of nitrogens with zero attached hydrogens (tertiary/aromatic N) is 2. The van der Waals surface area contributed by atoms with Crippen LogP contribution in [0, 0.1) is 6.42 Å². The summed E-state index contributed by atoms with van der Waals surface area (Å²) < 4.78 is 0. The third-order valence-electron chi connectivity index (χ3n) is 4.93. The molecular formula is C21H27N2. The summed E-state index contributed by atoms with van der Waals surface area (Å²) in [5.41, 5.74) is 8.06. The van der Waals surface area contributed by atoms with Crippen LogP contribution < -0.4 is 9.80 Å². The van der Waals surface area contributed by atoms with Crippen molar-refractivity contribution in [2.24, 2.45) is 0 Å². The fraction of sp³-hybridized carbons (Fsp3) is 0.381. The zero-order valence-electron chi connectivity index (χ0n) is 14.8. The number of hydrogen-bond donors (Lipinski definition) is 0. The van der Waals surface area contributed by atoms with Gasteiger partial charge in [0.2, 0.25) is 0 Å². The summed E-state index contributed by atoms with van der Waals surface area (Å²) >= 11 is 0. The van der Waals surface area contributed by atoms with Crippen molar-refractivity contribution in [3.8, 4) is 11.1 Å². The Morgan fingerprint density at radius 3 is 1.35 bits per heavy atom. The molecule has 0 aliphatic heterocycles. The highest BCUT2D eigenvalue weighted by atomic mass is 15.1. The van der Waals surface area contributed by atoms with Crippen molar-refractivity contribution < 1.29 is 0 Å². The Balaban J connectivity index is 1.94. The molecule has 0 fully saturated rings. The van der Waals surface area contributed by atoms with Gasteiger partial charge in [-0.1, -0.05) is 12.1 Å². The van der Waals surface area contributed by atoms with Crippen molar-refractivity contribution in [1.82, 2.24) is 0 Å². The van der Waals surface area contributed by atoms with E-state index < -0.39 is 0 Å². The van der Waals surface area contributed by atoms with Gasteiger partial charge in [-0.25, -0.2) is 0 Å². The molecule has 2 aromatic carbocycles. The van der Waals surface area contributed by atoms with Gasteiger partial charge in [0.1, 0.15) is 0 Å². The molecule has 121 valence electrons. The van der Waals surface area contributed by atoms with Crippen molar-refractivity contribution >= 4 is 11.4 Å². The Labute approximate surface area is 140 Å². The molecule has 0 spiro atoms. The molecule has 0 N–H and O–H groups in total. The maximum atomic E-state index is 2.40. The lowest BCUT2D eigenvalue weighted by Gasteiger charge is -2.22.